The van der Waals surface area contributed by atoms with Crippen molar-refractivity contribution < 1.29 is 23.9 Å². The zero-order valence-corrected chi connectivity index (χ0v) is 14.5. The summed E-state index contributed by atoms with van der Waals surface area (Å²) in [6, 6.07) is 11.7. The number of hydrogen-bond acceptors (Lipinski definition) is 3. The van der Waals surface area contributed by atoms with Gasteiger partial charge in [0.15, 0.2) is 0 Å². The Bertz CT molecular complexity index is 867. The topological polar surface area (TPSA) is 86.7 Å². The molecular formula is C20H19FN2O4. The second-order valence-electron chi connectivity index (χ2n) is 6.35. The molecule has 2 N–H and O–H groups in total. The Kier molecular flexibility index (Phi) is 5.49. The van der Waals surface area contributed by atoms with Gasteiger partial charge in [0.1, 0.15) is 11.9 Å². The number of rotatable bonds is 6. The van der Waals surface area contributed by atoms with Crippen molar-refractivity contribution in [3.8, 4) is 0 Å². The average Bonchev–Trinajstić information content (AvgIpc) is 3.01. The third-order valence-corrected chi connectivity index (χ3v) is 4.53. The smallest absolute Gasteiger partial charge is 0.335 e. The minimum atomic E-state index is -1.00. The number of nitrogens with one attached hydrogen (secondary N) is 1. The number of carboxylic acid groups (broad SMARTS) is 1. The van der Waals surface area contributed by atoms with Crippen LogP contribution >= 0.6 is 0 Å². The monoisotopic (exact) mass is 370 g/mol. The highest BCUT2D eigenvalue weighted by Gasteiger charge is 2.34. The number of aromatic carboxylic acids is 1. The number of benzene rings is 2. The highest BCUT2D eigenvalue weighted by atomic mass is 19.1. The molecular weight excluding hydrogens is 351 g/mol. The maximum absolute atomic E-state index is 13.9. The fraction of sp³-hybridized carbons (Fsp3) is 0.250. The van der Waals surface area contributed by atoms with Crippen LogP contribution in [-0.4, -0.2) is 35.5 Å². The van der Waals surface area contributed by atoms with E-state index in [0.717, 1.165) is 5.56 Å². The van der Waals surface area contributed by atoms with E-state index >= 15 is 0 Å². The van der Waals surface area contributed by atoms with Crippen molar-refractivity contribution in [2.45, 2.75) is 25.3 Å². The molecule has 1 aliphatic rings. The number of para-hydroxylation sites is 1. The first kappa shape index (κ1) is 18.6. The molecule has 0 saturated carbocycles. The number of amides is 2. The first-order valence-electron chi connectivity index (χ1n) is 8.63. The van der Waals surface area contributed by atoms with Crippen LogP contribution in [0.3, 0.4) is 0 Å². The number of aryl methyl sites for hydroxylation is 1. The number of carboxylic acids is 1. The quantitative estimate of drug-likeness (QED) is 0.817. The van der Waals surface area contributed by atoms with Gasteiger partial charge in [-0.25, -0.2) is 9.18 Å². The summed E-state index contributed by atoms with van der Waals surface area (Å²) in [6.45, 7) is 0.349. The van der Waals surface area contributed by atoms with Crippen LogP contribution in [0.25, 0.3) is 0 Å². The van der Waals surface area contributed by atoms with Crippen molar-refractivity contribution in [2.75, 3.05) is 11.4 Å². The number of carbonyl (C=O) groups excluding carboxylic acids is 2. The Morgan fingerprint density at radius 2 is 1.85 bits per heavy atom. The van der Waals surface area contributed by atoms with E-state index in [1.807, 2.05) is 0 Å². The predicted octanol–water partition coefficient (Wildman–Crippen LogP) is 2.38. The van der Waals surface area contributed by atoms with Crippen molar-refractivity contribution in [3.05, 3.63) is 65.5 Å². The number of carbonyl (C=O) groups is 3. The van der Waals surface area contributed by atoms with Gasteiger partial charge in [-0.2, -0.15) is 0 Å². The zero-order valence-electron chi connectivity index (χ0n) is 14.5. The summed E-state index contributed by atoms with van der Waals surface area (Å²) in [5, 5.41) is 11.6. The SMILES string of the molecule is O=C(CCc1ccc(C(=O)O)cc1)N[C@@H]1CCN(c2ccccc2F)C1=O. The molecule has 27 heavy (non-hydrogen) atoms. The Morgan fingerprint density at radius 3 is 2.52 bits per heavy atom. The fourth-order valence-corrected chi connectivity index (χ4v) is 3.06. The molecule has 0 bridgehead atoms. The Morgan fingerprint density at radius 1 is 1.15 bits per heavy atom. The molecule has 1 saturated heterocycles. The largest absolute Gasteiger partial charge is 0.478 e. The summed E-state index contributed by atoms with van der Waals surface area (Å²) >= 11 is 0. The molecule has 1 heterocycles. The Labute approximate surface area is 155 Å². The maximum atomic E-state index is 13.9. The normalized spacial score (nSPS) is 16.4. The molecule has 0 spiro atoms. The third-order valence-electron chi connectivity index (χ3n) is 4.53. The van der Waals surface area contributed by atoms with Gasteiger partial charge in [-0.3, -0.25) is 9.59 Å². The van der Waals surface area contributed by atoms with Crippen LogP contribution in [-0.2, 0) is 16.0 Å². The minimum absolute atomic E-state index is 0.176. The standard InChI is InChI=1S/C20H19FN2O4/c21-15-3-1-2-4-17(15)23-12-11-16(19(23)25)22-18(24)10-7-13-5-8-14(9-6-13)20(26)27/h1-6,8-9,16H,7,10-12H2,(H,22,24)(H,26,27)/t16-/m1/s1. The summed E-state index contributed by atoms with van der Waals surface area (Å²) in [5.74, 6) is -2.06. The van der Waals surface area contributed by atoms with Crippen LogP contribution in [0, 0.1) is 5.82 Å². The molecule has 0 radical (unpaired) electrons. The zero-order chi connectivity index (χ0) is 19.4. The van der Waals surface area contributed by atoms with Crippen LogP contribution in [0.5, 0.6) is 0 Å². The number of halogens is 1. The minimum Gasteiger partial charge on any atom is -0.478 e. The van der Waals surface area contributed by atoms with E-state index in [1.165, 1.54) is 29.2 Å². The molecule has 1 aliphatic heterocycles. The molecule has 0 aliphatic carbocycles. The lowest BCUT2D eigenvalue weighted by molar-refractivity contribution is -0.126. The van der Waals surface area contributed by atoms with E-state index in [4.69, 9.17) is 5.11 Å². The summed E-state index contributed by atoms with van der Waals surface area (Å²) in [7, 11) is 0. The van der Waals surface area contributed by atoms with E-state index in [0.29, 0.717) is 19.4 Å². The second kappa shape index (κ2) is 7.99. The van der Waals surface area contributed by atoms with Crippen LogP contribution in [0.2, 0.25) is 0 Å². The first-order valence-corrected chi connectivity index (χ1v) is 8.63. The molecule has 140 valence electrons. The first-order chi connectivity index (χ1) is 13.0. The molecule has 2 aromatic carbocycles. The van der Waals surface area contributed by atoms with Crippen LogP contribution in [0.15, 0.2) is 48.5 Å². The van der Waals surface area contributed by atoms with E-state index in [9.17, 15) is 18.8 Å². The highest BCUT2D eigenvalue weighted by molar-refractivity contribution is 6.01. The lowest BCUT2D eigenvalue weighted by atomic mass is 10.1. The fourth-order valence-electron chi connectivity index (χ4n) is 3.06. The molecule has 2 amide bonds. The van der Waals surface area contributed by atoms with Gasteiger partial charge in [-0.1, -0.05) is 24.3 Å². The summed E-state index contributed by atoms with van der Waals surface area (Å²) in [4.78, 5) is 36.8. The second-order valence-corrected chi connectivity index (χ2v) is 6.35. The highest BCUT2D eigenvalue weighted by Crippen LogP contribution is 2.24. The lowest BCUT2D eigenvalue weighted by Crippen LogP contribution is -2.41. The lowest BCUT2D eigenvalue weighted by Gasteiger charge is -2.17. The molecule has 7 heteroatoms. The van der Waals surface area contributed by atoms with Crippen molar-refractivity contribution in [1.82, 2.24) is 5.32 Å². The molecule has 3 rings (SSSR count). The average molecular weight is 370 g/mol. The summed E-state index contributed by atoms with van der Waals surface area (Å²) in [5.41, 5.74) is 1.24. The van der Waals surface area contributed by atoms with Crippen molar-refractivity contribution in [3.63, 3.8) is 0 Å². The Hall–Kier alpha value is -3.22. The maximum Gasteiger partial charge on any atom is 0.335 e. The van der Waals surface area contributed by atoms with Crippen LogP contribution in [0.1, 0.15) is 28.8 Å². The molecule has 0 unspecified atom stereocenters. The van der Waals surface area contributed by atoms with Gasteiger partial charge < -0.3 is 15.3 Å². The third kappa shape index (κ3) is 4.31. The van der Waals surface area contributed by atoms with Gasteiger partial charge in [0.05, 0.1) is 11.3 Å². The van der Waals surface area contributed by atoms with Crippen molar-refractivity contribution in [2.24, 2.45) is 0 Å². The van der Waals surface area contributed by atoms with Gasteiger partial charge in [0.25, 0.3) is 0 Å². The van der Waals surface area contributed by atoms with E-state index < -0.39 is 17.8 Å². The molecule has 0 aromatic heterocycles. The van der Waals surface area contributed by atoms with Crippen LogP contribution < -0.4 is 10.2 Å². The van der Waals surface area contributed by atoms with Gasteiger partial charge in [0, 0.05) is 13.0 Å². The van der Waals surface area contributed by atoms with Gasteiger partial charge in [0.2, 0.25) is 11.8 Å². The molecule has 2 aromatic rings. The van der Waals surface area contributed by atoms with E-state index in [-0.39, 0.29) is 29.5 Å². The molecule has 6 nitrogen and oxygen atoms in total. The summed E-state index contributed by atoms with van der Waals surface area (Å²) in [6.07, 6.45) is 1.03. The van der Waals surface area contributed by atoms with Gasteiger partial charge in [-0.05, 0) is 42.7 Å². The van der Waals surface area contributed by atoms with E-state index in [2.05, 4.69) is 5.32 Å². The predicted molar refractivity (Wildman–Crippen MR) is 97.0 cm³/mol. The summed E-state index contributed by atoms with van der Waals surface area (Å²) < 4.78 is 13.9. The van der Waals surface area contributed by atoms with Gasteiger partial charge in [-0.15, -0.1) is 0 Å². The number of nitrogens with zero attached hydrogens (tertiary/aromatic N) is 1. The number of anilines is 1. The Balaban J connectivity index is 1.53. The number of hydrogen-bond donors (Lipinski definition) is 2. The van der Waals surface area contributed by atoms with Crippen molar-refractivity contribution >= 4 is 23.5 Å². The van der Waals surface area contributed by atoms with E-state index in [1.54, 1.807) is 24.3 Å². The van der Waals surface area contributed by atoms with Crippen LogP contribution in [0.4, 0.5) is 10.1 Å². The van der Waals surface area contributed by atoms with Crippen molar-refractivity contribution in [1.29, 1.82) is 0 Å². The molecule has 1 fully saturated rings. The van der Waals surface area contributed by atoms with Gasteiger partial charge >= 0.3 is 5.97 Å². The molecule has 1 atom stereocenters.